The van der Waals surface area contributed by atoms with Gasteiger partial charge in [0.1, 0.15) is 5.82 Å². The number of hydrogen-bond acceptors (Lipinski definition) is 5. The van der Waals surface area contributed by atoms with Crippen LogP contribution in [0, 0.1) is 6.92 Å². The Kier molecular flexibility index (Phi) is 5.88. The summed E-state index contributed by atoms with van der Waals surface area (Å²) in [4.78, 5) is 16.3. The van der Waals surface area contributed by atoms with Gasteiger partial charge < -0.3 is 10.6 Å². The second-order valence-electron chi connectivity index (χ2n) is 5.35. The molecule has 1 heterocycles. The van der Waals surface area contributed by atoms with Gasteiger partial charge in [0, 0.05) is 25.0 Å². The van der Waals surface area contributed by atoms with Crippen LogP contribution in [0.15, 0.2) is 42.6 Å². The van der Waals surface area contributed by atoms with Gasteiger partial charge in [0.25, 0.3) is 5.91 Å². The predicted octanol–water partition coefficient (Wildman–Crippen LogP) is 1.60. The summed E-state index contributed by atoms with van der Waals surface area (Å²) in [7, 11) is -3.19. The number of nitrogens with zero attached hydrogens (tertiary/aromatic N) is 1. The summed E-state index contributed by atoms with van der Waals surface area (Å²) in [5, 5.41) is 5.77. The standard InChI is InChI=1S/C16H20N4O3S/c1-12-3-6-14(7-4-12)20-16(21)13-5-8-15(18-11-13)17-9-10-19-24(2,22)23/h3-8,11,19H,9-10H2,1-2H3,(H,17,18)(H,20,21). The third kappa shape index (κ3) is 5.98. The summed E-state index contributed by atoms with van der Waals surface area (Å²) in [6, 6.07) is 10.8. The van der Waals surface area contributed by atoms with Crippen molar-refractivity contribution in [3.05, 3.63) is 53.7 Å². The van der Waals surface area contributed by atoms with Crippen molar-refractivity contribution in [2.45, 2.75) is 6.92 Å². The Labute approximate surface area is 141 Å². The van der Waals surface area contributed by atoms with Crippen LogP contribution in [0.2, 0.25) is 0 Å². The molecule has 0 fully saturated rings. The highest BCUT2D eigenvalue weighted by Crippen LogP contribution is 2.11. The van der Waals surface area contributed by atoms with E-state index in [0.717, 1.165) is 17.5 Å². The summed E-state index contributed by atoms with van der Waals surface area (Å²) in [6.45, 7) is 2.64. The van der Waals surface area contributed by atoms with E-state index in [1.54, 1.807) is 12.1 Å². The van der Waals surface area contributed by atoms with Gasteiger partial charge in [-0.1, -0.05) is 17.7 Å². The molecule has 128 valence electrons. The molecule has 0 aliphatic rings. The van der Waals surface area contributed by atoms with Gasteiger partial charge in [-0.05, 0) is 31.2 Å². The van der Waals surface area contributed by atoms with Crippen molar-refractivity contribution in [3.8, 4) is 0 Å². The first-order valence-electron chi connectivity index (χ1n) is 7.36. The van der Waals surface area contributed by atoms with Crippen molar-refractivity contribution in [2.75, 3.05) is 30.0 Å². The Morgan fingerprint density at radius 2 is 1.79 bits per heavy atom. The molecule has 8 heteroatoms. The first kappa shape index (κ1) is 17.9. The molecule has 2 rings (SSSR count). The molecule has 0 spiro atoms. The van der Waals surface area contributed by atoms with E-state index in [9.17, 15) is 13.2 Å². The zero-order chi connectivity index (χ0) is 17.6. The number of amides is 1. The zero-order valence-electron chi connectivity index (χ0n) is 13.5. The molecule has 0 aliphatic carbocycles. The quantitative estimate of drug-likeness (QED) is 0.660. The van der Waals surface area contributed by atoms with Crippen molar-refractivity contribution < 1.29 is 13.2 Å². The van der Waals surface area contributed by atoms with Crippen LogP contribution in [0.1, 0.15) is 15.9 Å². The van der Waals surface area contributed by atoms with Gasteiger partial charge in [0.15, 0.2) is 0 Å². The molecule has 0 saturated heterocycles. The molecule has 1 amide bonds. The molecule has 1 aromatic carbocycles. The van der Waals surface area contributed by atoms with E-state index in [0.29, 0.717) is 17.9 Å². The Hall–Kier alpha value is -2.45. The number of carbonyl (C=O) groups is 1. The number of rotatable bonds is 7. The van der Waals surface area contributed by atoms with Crippen LogP contribution < -0.4 is 15.4 Å². The first-order chi connectivity index (χ1) is 11.3. The van der Waals surface area contributed by atoms with Crippen molar-refractivity contribution in [1.82, 2.24) is 9.71 Å². The van der Waals surface area contributed by atoms with Gasteiger partial charge in [0.05, 0.1) is 11.8 Å². The fraction of sp³-hybridized carbons (Fsp3) is 0.250. The van der Waals surface area contributed by atoms with Crippen LogP contribution in [0.3, 0.4) is 0 Å². The third-order valence-corrected chi connectivity index (χ3v) is 3.86. The maximum absolute atomic E-state index is 12.1. The number of aromatic nitrogens is 1. The molecule has 24 heavy (non-hydrogen) atoms. The lowest BCUT2D eigenvalue weighted by Crippen LogP contribution is -2.27. The Balaban J connectivity index is 1.86. The van der Waals surface area contributed by atoms with Crippen molar-refractivity contribution in [2.24, 2.45) is 0 Å². The summed E-state index contributed by atoms with van der Waals surface area (Å²) in [5.41, 5.74) is 2.28. The number of benzene rings is 1. The van der Waals surface area contributed by atoms with E-state index >= 15 is 0 Å². The van der Waals surface area contributed by atoms with Gasteiger partial charge in [-0.3, -0.25) is 4.79 Å². The van der Waals surface area contributed by atoms with Gasteiger partial charge in [-0.25, -0.2) is 18.1 Å². The number of nitrogens with one attached hydrogen (secondary N) is 3. The molecule has 0 atom stereocenters. The summed E-state index contributed by atoms with van der Waals surface area (Å²) in [5.74, 6) is 0.328. The highest BCUT2D eigenvalue weighted by Gasteiger charge is 2.07. The van der Waals surface area contributed by atoms with E-state index in [-0.39, 0.29) is 12.5 Å². The van der Waals surface area contributed by atoms with E-state index in [4.69, 9.17) is 0 Å². The lowest BCUT2D eigenvalue weighted by atomic mass is 10.2. The maximum atomic E-state index is 12.1. The number of sulfonamides is 1. The van der Waals surface area contributed by atoms with Crippen LogP contribution in [0.5, 0.6) is 0 Å². The van der Waals surface area contributed by atoms with Crippen LogP contribution in [0.25, 0.3) is 0 Å². The van der Waals surface area contributed by atoms with E-state index in [2.05, 4.69) is 20.3 Å². The Morgan fingerprint density at radius 3 is 2.38 bits per heavy atom. The molecular weight excluding hydrogens is 328 g/mol. The van der Waals surface area contributed by atoms with E-state index in [1.807, 2.05) is 31.2 Å². The maximum Gasteiger partial charge on any atom is 0.257 e. The minimum absolute atomic E-state index is 0.239. The van der Waals surface area contributed by atoms with Crippen molar-refractivity contribution in [1.29, 1.82) is 0 Å². The number of anilines is 2. The number of carbonyl (C=O) groups excluding carboxylic acids is 1. The molecule has 0 saturated carbocycles. The first-order valence-corrected chi connectivity index (χ1v) is 9.25. The number of pyridine rings is 1. The topological polar surface area (TPSA) is 100 Å². The molecule has 0 radical (unpaired) electrons. The van der Waals surface area contributed by atoms with Crippen LogP contribution >= 0.6 is 0 Å². The van der Waals surface area contributed by atoms with Crippen LogP contribution in [-0.4, -0.2) is 38.7 Å². The fourth-order valence-electron chi connectivity index (χ4n) is 1.90. The normalized spacial score (nSPS) is 11.1. The van der Waals surface area contributed by atoms with E-state index in [1.165, 1.54) is 6.20 Å². The van der Waals surface area contributed by atoms with Crippen molar-refractivity contribution in [3.63, 3.8) is 0 Å². The van der Waals surface area contributed by atoms with Crippen molar-refractivity contribution >= 4 is 27.4 Å². The average molecular weight is 348 g/mol. The van der Waals surface area contributed by atoms with Crippen LogP contribution in [-0.2, 0) is 10.0 Å². The summed E-state index contributed by atoms with van der Waals surface area (Å²) in [6.07, 6.45) is 2.57. The lowest BCUT2D eigenvalue weighted by Gasteiger charge is -2.08. The number of hydrogen-bond donors (Lipinski definition) is 3. The third-order valence-electron chi connectivity index (χ3n) is 3.13. The smallest absolute Gasteiger partial charge is 0.257 e. The zero-order valence-corrected chi connectivity index (χ0v) is 14.4. The molecule has 7 nitrogen and oxygen atoms in total. The van der Waals surface area contributed by atoms with Gasteiger partial charge in [-0.2, -0.15) is 0 Å². The molecule has 3 N–H and O–H groups in total. The molecule has 0 aliphatic heterocycles. The fourth-order valence-corrected chi connectivity index (χ4v) is 2.37. The SMILES string of the molecule is Cc1ccc(NC(=O)c2ccc(NCCNS(C)(=O)=O)nc2)cc1. The molecule has 0 bridgehead atoms. The minimum atomic E-state index is -3.19. The minimum Gasteiger partial charge on any atom is -0.369 e. The summed E-state index contributed by atoms with van der Waals surface area (Å²) < 4.78 is 24.2. The predicted molar refractivity (Wildman–Crippen MR) is 94.7 cm³/mol. The van der Waals surface area contributed by atoms with Gasteiger partial charge in [0.2, 0.25) is 10.0 Å². The molecular formula is C16H20N4O3S. The Morgan fingerprint density at radius 1 is 1.08 bits per heavy atom. The lowest BCUT2D eigenvalue weighted by molar-refractivity contribution is 0.102. The monoisotopic (exact) mass is 348 g/mol. The second-order valence-corrected chi connectivity index (χ2v) is 7.18. The Bertz CT molecular complexity index is 787. The molecule has 1 aromatic heterocycles. The largest absolute Gasteiger partial charge is 0.369 e. The molecule has 0 unspecified atom stereocenters. The van der Waals surface area contributed by atoms with E-state index < -0.39 is 10.0 Å². The number of aryl methyl sites for hydroxylation is 1. The highest BCUT2D eigenvalue weighted by molar-refractivity contribution is 7.88. The second kappa shape index (κ2) is 7.89. The summed E-state index contributed by atoms with van der Waals surface area (Å²) >= 11 is 0. The highest BCUT2D eigenvalue weighted by atomic mass is 32.2. The van der Waals surface area contributed by atoms with Crippen LogP contribution in [0.4, 0.5) is 11.5 Å². The molecule has 2 aromatic rings. The van der Waals surface area contributed by atoms with Gasteiger partial charge in [-0.15, -0.1) is 0 Å². The van der Waals surface area contributed by atoms with Gasteiger partial charge >= 0.3 is 0 Å². The average Bonchev–Trinajstić information content (AvgIpc) is 2.53.